The average molecular weight is 391 g/mol. The number of aromatic nitrogens is 1. The molecule has 1 aromatic carbocycles. The Labute approximate surface area is 169 Å². The summed E-state index contributed by atoms with van der Waals surface area (Å²) in [6.45, 7) is 1.95. The Bertz CT molecular complexity index is 1020. The molecule has 0 saturated carbocycles. The highest BCUT2D eigenvalue weighted by Gasteiger charge is 2.46. The van der Waals surface area contributed by atoms with E-state index < -0.39 is 0 Å². The molecule has 4 atom stereocenters. The third-order valence-corrected chi connectivity index (χ3v) is 6.84. The summed E-state index contributed by atoms with van der Waals surface area (Å²) in [6, 6.07) is 15.1. The molecular formula is C23H25N3O3. The molecule has 0 spiro atoms. The third kappa shape index (κ3) is 2.98. The van der Waals surface area contributed by atoms with Crippen LogP contribution in [0.3, 0.4) is 0 Å². The lowest BCUT2D eigenvalue weighted by molar-refractivity contribution is -0.139. The molecule has 2 fully saturated rings. The van der Waals surface area contributed by atoms with Crippen molar-refractivity contribution < 1.29 is 9.59 Å². The largest absolute Gasteiger partial charge is 0.341 e. The molecule has 2 aromatic rings. The van der Waals surface area contributed by atoms with Gasteiger partial charge >= 0.3 is 0 Å². The SMILES string of the molecule is CN1C(=O)CC(C(=O)N2C[C@H]3C[C@@H](C2)c2cccc(=O)n2C3)C1c1ccccc1. The Morgan fingerprint density at radius 3 is 2.55 bits per heavy atom. The summed E-state index contributed by atoms with van der Waals surface area (Å²) in [6.07, 6.45) is 1.27. The van der Waals surface area contributed by atoms with Crippen molar-refractivity contribution >= 4 is 11.8 Å². The molecule has 1 aromatic heterocycles. The third-order valence-electron chi connectivity index (χ3n) is 6.84. The number of carbonyl (C=O) groups excluding carboxylic acids is 2. The first kappa shape index (κ1) is 18.2. The quantitative estimate of drug-likeness (QED) is 0.787. The highest BCUT2D eigenvalue weighted by atomic mass is 16.2. The minimum atomic E-state index is -0.355. The van der Waals surface area contributed by atoms with Gasteiger partial charge in [0.25, 0.3) is 5.56 Å². The number of nitrogens with zero attached hydrogens (tertiary/aromatic N) is 3. The standard InChI is InChI=1S/C23H25N3O3/c1-24-21(28)11-18(22(24)16-6-3-2-4-7-16)23(29)25-12-15-10-17(14-25)19-8-5-9-20(27)26(19)13-15/h2-9,15,17-18,22H,10-14H2,1H3/t15-,17+,18?,22?/m1/s1. The predicted octanol–water partition coefficient (Wildman–Crippen LogP) is 2.01. The molecule has 6 nitrogen and oxygen atoms in total. The van der Waals surface area contributed by atoms with E-state index in [4.69, 9.17) is 0 Å². The molecule has 0 N–H and O–H groups in total. The van der Waals surface area contributed by atoms with Crippen molar-refractivity contribution in [1.29, 1.82) is 0 Å². The molecule has 4 heterocycles. The lowest BCUT2D eigenvalue weighted by Crippen LogP contribution is -2.51. The van der Waals surface area contributed by atoms with E-state index in [1.54, 1.807) is 18.0 Å². The average Bonchev–Trinajstić information content (AvgIpc) is 3.03. The van der Waals surface area contributed by atoms with E-state index in [1.165, 1.54) is 0 Å². The zero-order valence-corrected chi connectivity index (χ0v) is 16.5. The van der Waals surface area contributed by atoms with Crippen molar-refractivity contribution in [2.75, 3.05) is 20.1 Å². The second kappa shape index (κ2) is 6.87. The molecule has 3 aliphatic heterocycles. The van der Waals surface area contributed by atoms with Gasteiger partial charge in [-0.05, 0) is 24.0 Å². The monoisotopic (exact) mass is 391 g/mol. The van der Waals surface area contributed by atoms with E-state index >= 15 is 0 Å². The van der Waals surface area contributed by atoms with Gasteiger partial charge in [-0.25, -0.2) is 0 Å². The Balaban J connectivity index is 1.42. The maximum absolute atomic E-state index is 13.6. The van der Waals surface area contributed by atoms with Gasteiger partial charge in [0.15, 0.2) is 0 Å². The van der Waals surface area contributed by atoms with Crippen molar-refractivity contribution in [3.05, 3.63) is 70.1 Å². The predicted molar refractivity (Wildman–Crippen MR) is 108 cm³/mol. The highest BCUT2D eigenvalue weighted by Crippen LogP contribution is 2.41. The molecule has 2 saturated heterocycles. The van der Waals surface area contributed by atoms with Crippen molar-refractivity contribution in [2.24, 2.45) is 11.8 Å². The lowest BCUT2D eigenvalue weighted by atomic mass is 9.82. The number of likely N-dealkylation sites (tertiary alicyclic amines) is 2. The Hall–Kier alpha value is -2.89. The maximum Gasteiger partial charge on any atom is 0.250 e. The van der Waals surface area contributed by atoms with Gasteiger partial charge in [-0.3, -0.25) is 14.4 Å². The Kier molecular flexibility index (Phi) is 4.30. The van der Waals surface area contributed by atoms with Crippen LogP contribution in [0, 0.1) is 11.8 Å². The molecule has 2 bridgehead atoms. The number of rotatable bonds is 2. The topological polar surface area (TPSA) is 62.6 Å². The fourth-order valence-corrected chi connectivity index (χ4v) is 5.51. The van der Waals surface area contributed by atoms with Crippen LogP contribution in [0.2, 0.25) is 0 Å². The molecule has 0 radical (unpaired) electrons. The van der Waals surface area contributed by atoms with Crippen molar-refractivity contribution in [2.45, 2.75) is 31.3 Å². The molecule has 2 amide bonds. The van der Waals surface area contributed by atoms with Gasteiger partial charge < -0.3 is 14.4 Å². The summed E-state index contributed by atoms with van der Waals surface area (Å²) in [5.74, 6) is 0.205. The first-order valence-corrected chi connectivity index (χ1v) is 10.3. The number of piperidine rings is 1. The van der Waals surface area contributed by atoms with Gasteiger partial charge in [0.2, 0.25) is 11.8 Å². The fraction of sp³-hybridized carbons (Fsp3) is 0.435. The Morgan fingerprint density at radius 2 is 1.76 bits per heavy atom. The van der Waals surface area contributed by atoms with E-state index in [1.807, 2.05) is 51.9 Å². The van der Waals surface area contributed by atoms with Gasteiger partial charge in [0, 0.05) is 50.8 Å². The second-order valence-corrected chi connectivity index (χ2v) is 8.61. The van der Waals surface area contributed by atoms with Crippen LogP contribution in [0.1, 0.15) is 36.1 Å². The summed E-state index contributed by atoms with van der Waals surface area (Å²) in [4.78, 5) is 41.9. The summed E-state index contributed by atoms with van der Waals surface area (Å²) in [7, 11) is 1.79. The zero-order chi connectivity index (χ0) is 20.1. The summed E-state index contributed by atoms with van der Waals surface area (Å²) < 4.78 is 1.88. The minimum absolute atomic E-state index is 0.0197. The van der Waals surface area contributed by atoms with Crippen LogP contribution in [-0.4, -0.2) is 46.3 Å². The first-order chi connectivity index (χ1) is 14.0. The van der Waals surface area contributed by atoms with Crippen LogP contribution in [0.5, 0.6) is 0 Å². The molecule has 6 heteroatoms. The van der Waals surface area contributed by atoms with Gasteiger partial charge in [-0.1, -0.05) is 36.4 Å². The summed E-state index contributed by atoms with van der Waals surface area (Å²) in [5.41, 5.74) is 2.09. The van der Waals surface area contributed by atoms with Crippen LogP contribution >= 0.6 is 0 Å². The molecule has 5 rings (SSSR count). The van der Waals surface area contributed by atoms with Crippen molar-refractivity contribution in [3.63, 3.8) is 0 Å². The van der Waals surface area contributed by atoms with Crippen LogP contribution in [0.25, 0.3) is 0 Å². The number of pyridine rings is 1. The van der Waals surface area contributed by atoms with Crippen LogP contribution < -0.4 is 5.56 Å². The van der Waals surface area contributed by atoms with E-state index in [9.17, 15) is 14.4 Å². The van der Waals surface area contributed by atoms with Crippen LogP contribution in [0.15, 0.2) is 53.3 Å². The molecule has 29 heavy (non-hydrogen) atoms. The second-order valence-electron chi connectivity index (χ2n) is 8.61. The smallest absolute Gasteiger partial charge is 0.250 e. The molecule has 150 valence electrons. The van der Waals surface area contributed by atoms with Crippen molar-refractivity contribution in [1.82, 2.24) is 14.4 Å². The number of benzene rings is 1. The molecule has 0 aliphatic carbocycles. The van der Waals surface area contributed by atoms with Gasteiger partial charge in [-0.2, -0.15) is 0 Å². The summed E-state index contributed by atoms with van der Waals surface area (Å²) in [5, 5.41) is 0. The van der Waals surface area contributed by atoms with E-state index in [0.29, 0.717) is 19.6 Å². The van der Waals surface area contributed by atoms with Crippen molar-refractivity contribution in [3.8, 4) is 0 Å². The van der Waals surface area contributed by atoms with Crippen LogP contribution in [0.4, 0.5) is 0 Å². The van der Waals surface area contributed by atoms with E-state index in [0.717, 1.165) is 17.7 Å². The normalized spacial score (nSPS) is 28.4. The number of fused-ring (bicyclic) bond motifs is 4. The number of hydrogen-bond donors (Lipinski definition) is 0. The van der Waals surface area contributed by atoms with E-state index in [-0.39, 0.29) is 47.6 Å². The van der Waals surface area contributed by atoms with Gasteiger partial charge in [0.05, 0.1) is 12.0 Å². The number of carbonyl (C=O) groups is 2. The Morgan fingerprint density at radius 1 is 0.966 bits per heavy atom. The van der Waals surface area contributed by atoms with Gasteiger partial charge in [0.1, 0.15) is 0 Å². The molecule has 3 aliphatic rings. The molecule has 2 unspecified atom stereocenters. The minimum Gasteiger partial charge on any atom is -0.341 e. The first-order valence-electron chi connectivity index (χ1n) is 10.3. The zero-order valence-electron chi connectivity index (χ0n) is 16.5. The highest BCUT2D eigenvalue weighted by molar-refractivity contribution is 5.90. The van der Waals surface area contributed by atoms with Crippen LogP contribution in [-0.2, 0) is 16.1 Å². The van der Waals surface area contributed by atoms with Gasteiger partial charge in [-0.15, -0.1) is 0 Å². The number of hydrogen-bond acceptors (Lipinski definition) is 3. The maximum atomic E-state index is 13.6. The van der Waals surface area contributed by atoms with E-state index in [2.05, 4.69) is 0 Å². The number of amides is 2. The summed E-state index contributed by atoms with van der Waals surface area (Å²) >= 11 is 0. The molecular weight excluding hydrogens is 366 g/mol. The fourth-order valence-electron chi connectivity index (χ4n) is 5.51. The lowest BCUT2D eigenvalue weighted by Gasteiger charge is -2.43.